The van der Waals surface area contributed by atoms with Crippen molar-refractivity contribution in [3.05, 3.63) is 66.7 Å². The van der Waals surface area contributed by atoms with Crippen molar-refractivity contribution in [1.29, 1.82) is 0 Å². The lowest BCUT2D eigenvalue weighted by Crippen LogP contribution is -2.30. The van der Waals surface area contributed by atoms with Gasteiger partial charge in [0, 0.05) is 34.6 Å². The maximum atomic E-state index is 6.12. The summed E-state index contributed by atoms with van der Waals surface area (Å²) in [6.07, 6.45) is 0. The Labute approximate surface area is 181 Å². The molecule has 1 atom stereocenters. The average molecular weight is 423 g/mol. The van der Waals surface area contributed by atoms with E-state index in [1.165, 1.54) is 5.39 Å². The zero-order valence-corrected chi connectivity index (χ0v) is 17.8. The van der Waals surface area contributed by atoms with Gasteiger partial charge in [0.05, 0.1) is 12.6 Å². The number of benzene rings is 3. The minimum Gasteiger partial charge on any atom is -0.493 e. The molecule has 0 aliphatic heterocycles. The molecule has 0 amide bonds. The molecule has 4 rings (SSSR count). The third-order valence-corrected chi connectivity index (χ3v) is 5.24. The molecule has 1 aromatic heterocycles. The van der Waals surface area contributed by atoms with Crippen molar-refractivity contribution in [2.45, 2.75) is 5.25 Å². The van der Waals surface area contributed by atoms with Crippen molar-refractivity contribution in [3.8, 4) is 17.2 Å². The molecule has 0 saturated carbocycles. The number of nitrogens with one attached hydrogen (secondary N) is 2. The van der Waals surface area contributed by atoms with Gasteiger partial charge in [-0.05, 0) is 30.3 Å². The highest BCUT2D eigenvalue weighted by molar-refractivity contribution is 7.81. The van der Waals surface area contributed by atoms with Gasteiger partial charge in [0.15, 0.2) is 11.5 Å². The minimum atomic E-state index is 0.0664. The lowest BCUT2D eigenvalue weighted by Gasteiger charge is -2.15. The van der Waals surface area contributed by atoms with E-state index < -0.39 is 0 Å². The van der Waals surface area contributed by atoms with E-state index in [2.05, 4.69) is 41.1 Å². The molecule has 0 radical (unpaired) electrons. The van der Waals surface area contributed by atoms with Crippen molar-refractivity contribution < 1.29 is 14.2 Å². The van der Waals surface area contributed by atoms with Crippen LogP contribution in [0.5, 0.6) is 17.2 Å². The molecular weight excluding hydrogens is 396 g/mol. The fourth-order valence-corrected chi connectivity index (χ4v) is 3.68. The van der Waals surface area contributed by atoms with Gasteiger partial charge < -0.3 is 24.5 Å². The second-order valence-electron chi connectivity index (χ2n) is 7.02. The zero-order valence-electron chi connectivity index (χ0n) is 16.9. The van der Waals surface area contributed by atoms with Crippen LogP contribution in [0, 0.1) is 0 Å². The summed E-state index contributed by atoms with van der Waals surface area (Å²) in [4.78, 5) is 3.44. The third kappa shape index (κ3) is 4.66. The van der Waals surface area contributed by atoms with Crippen LogP contribution in [-0.2, 0) is 0 Å². The number of hydrogen-bond acceptors (Lipinski definition) is 5. The highest BCUT2D eigenvalue weighted by Gasteiger charge is 2.11. The number of rotatable bonds is 10. The maximum absolute atomic E-state index is 6.12. The molecule has 156 valence electrons. The number of thiol groups is 1. The first kappa shape index (κ1) is 20.4. The highest BCUT2D eigenvalue weighted by Crippen LogP contribution is 2.33. The highest BCUT2D eigenvalue weighted by atomic mass is 32.1. The summed E-state index contributed by atoms with van der Waals surface area (Å²) < 4.78 is 17.2. The van der Waals surface area contributed by atoms with Gasteiger partial charge in [-0.3, -0.25) is 0 Å². The predicted octanol–water partition coefficient (Wildman–Crippen LogP) is 4.68. The lowest BCUT2D eigenvalue weighted by molar-refractivity contribution is 0.286. The molecule has 0 saturated heterocycles. The Morgan fingerprint density at radius 1 is 0.867 bits per heavy atom. The van der Waals surface area contributed by atoms with E-state index >= 15 is 0 Å². The van der Waals surface area contributed by atoms with Gasteiger partial charge in [-0.2, -0.15) is 12.6 Å². The summed E-state index contributed by atoms with van der Waals surface area (Å²) in [6, 6.07) is 22.0. The van der Waals surface area contributed by atoms with E-state index in [-0.39, 0.29) is 5.25 Å². The maximum Gasteiger partial charge on any atom is 0.161 e. The SMILES string of the molecule is COc1ccccc1OCCNC[C@H](S)COc1cccc2[nH]c3ccccc3c12. The summed E-state index contributed by atoms with van der Waals surface area (Å²) >= 11 is 4.66. The number of aromatic amines is 1. The van der Waals surface area contributed by atoms with E-state index in [1.807, 2.05) is 48.5 Å². The van der Waals surface area contributed by atoms with Crippen LogP contribution < -0.4 is 19.5 Å². The topological polar surface area (TPSA) is 55.5 Å². The third-order valence-electron chi connectivity index (χ3n) is 4.91. The van der Waals surface area contributed by atoms with Gasteiger partial charge >= 0.3 is 0 Å². The number of ether oxygens (including phenoxy) is 3. The quantitative estimate of drug-likeness (QED) is 0.257. The predicted molar refractivity (Wildman–Crippen MR) is 125 cm³/mol. The van der Waals surface area contributed by atoms with Crippen molar-refractivity contribution in [1.82, 2.24) is 10.3 Å². The van der Waals surface area contributed by atoms with Crippen LogP contribution in [0.3, 0.4) is 0 Å². The molecule has 0 bridgehead atoms. The number of H-pyrrole nitrogens is 1. The Morgan fingerprint density at radius 3 is 2.47 bits per heavy atom. The van der Waals surface area contributed by atoms with Crippen molar-refractivity contribution >= 4 is 34.4 Å². The second kappa shape index (κ2) is 9.78. The number of methoxy groups -OCH3 is 1. The molecule has 5 nitrogen and oxygen atoms in total. The Bertz CT molecular complexity index is 1110. The molecule has 0 aliphatic rings. The van der Waals surface area contributed by atoms with Crippen LogP contribution in [-0.4, -0.2) is 43.6 Å². The molecule has 3 aromatic carbocycles. The summed E-state index contributed by atoms with van der Waals surface area (Å²) in [6.45, 7) is 2.51. The largest absolute Gasteiger partial charge is 0.493 e. The van der Waals surface area contributed by atoms with Crippen LogP contribution in [0.15, 0.2) is 66.7 Å². The monoisotopic (exact) mass is 422 g/mol. The number of hydrogen-bond donors (Lipinski definition) is 3. The van der Waals surface area contributed by atoms with Crippen LogP contribution in [0.2, 0.25) is 0 Å². The van der Waals surface area contributed by atoms with E-state index in [9.17, 15) is 0 Å². The van der Waals surface area contributed by atoms with Crippen LogP contribution in [0.25, 0.3) is 21.8 Å². The summed E-state index contributed by atoms with van der Waals surface area (Å²) in [5, 5.41) is 5.72. The normalized spacial score (nSPS) is 12.2. The first-order valence-electron chi connectivity index (χ1n) is 10.0. The number of aromatic nitrogens is 1. The summed E-state index contributed by atoms with van der Waals surface area (Å²) in [7, 11) is 1.64. The second-order valence-corrected chi connectivity index (χ2v) is 7.75. The lowest BCUT2D eigenvalue weighted by atomic mass is 10.1. The molecule has 6 heteroatoms. The van der Waals surface area contributed by atoms with Crippen LogP contribution in [0.4, 0.5) is 0 Å². The standard InChI is InChI=1S/C24H26N2O3S/c1-27-21-10-4-5-11-22(21)28-14-13-25-15-17(30)16-29-23-12-6-9-20-24(23)18-7-2-3-8-19(18)26-20/h2-12,17,25-26,30H,13-16H2,1H3/t17-/m0/s1. The Morgan fingerprint density at radius 2 is 1.60 bits per heavy atom. The Hall–Kier alpha value is -2.83. The van der Waals surface area contributed by atoms with E-state index in [1.54, 1.807) is 7.11 Å². The molecule has 0 spiro atoms. The van der Waals surface area contributed by atoms with Gasteiger partial charge in [-0.15, -0.1) is 0 Å². The minimum absolute atomic E-state index is 0.0664. The van der Waals surface area contributed by atoms with Crippen LogP contribution >= 0.6 is 12.6 Å². The molecular formula is C24H26N2O3S. The first-order chi connectivity index (χ1) is 14.8. The summed E-state index contributed by atoms with van der Waals surface area (Å²) in [5.74, 6) is 2.37. The fourth-order valence-electron chi connectivity index (χ4n) is 3.47. The molecule has 0 unspecified atom stereocenters. The van der Waals surface area contributed by atoms with E-state index in [0.717, 1.165) is 40.2 Å². The Kier molecular flexibility index (Phi) is 6.67. The molecule has 1 heterocycles. The van der Waals surface area contributed by atoms with Crippen molar-refractivity contribution in [3.63, 3.8) is 0 Å². The zero-order chi connectivity index (χ0) is 20.8. The van der Waals surface area contributed by atoms with Gasteiger partial charge in [-0.1, -0.05) is 36.4 Å². The number of para-hydroxylation sites is 3. The smallest absolute Gasteiger partial charge is 0.161 e. The van der Waals surface area contributed by atoms with E-state index in [0.29, 0.717) is 19.8 Å². The molecule has 0 aliphatic carbocycles. The van der Waals surface area contributed by atoms with Crippen molar-refractivity contribution in [2.75, 3.05) is 33.4 Å². The number of fused-ring (bicyclic) bond motifs is 3. The van der Waals surface area contributed by atoms with E-state index in [4.69, 9.17) is 14.2 Å². The molecule has 2 N–H and O–H groups in total. The van der Waals surface area contributed by atoms with Crippen LogP contribution in [0.1, 0.15) is 0 Å². The van der Waals surface area contributed by atoms with Gasteiger partial charge in [-0.25, -0.2) is 0 Å². The van der Waals surface area contributed by atoms with Crippen molar-refractivity contribution in [2.24, 2.45) is 0 Å². The summed E-state index contributed by atoms with van der Waals surface area (Å²) in [5.41, 5.74) is 2.19. The fraction of sp³-hybridized carbons (Fsp3) is 0.250. The van der Waals surface area contributed by atoms with Gasteiger partial charge in [0.2, 0.25) is 0 Å². The van der Waals surface area contributed by atoms with Gasteiger partial charge in [0.25, 0.3) is 0 Å². The molecule has 30 heavy (non-hydrogen) atoms. The molecule has 0 fully saturated rings. The van der Waals surface area contributed by atoms with Gasteiger partial charge in [0.1, 0.15) is 19.0 Å². The molecule has 4 aromatic rings. The first-order valence-corrected chi connectivity index (χ1v) is 10.5. The Balaban J connectivity index is 1.26. The average Bonchev–Trinajstić information content (AvgIpc) is 3.17.